The zero-order valence-corrected chi connectivity index (χ0v) is 12.8. The number of rotatable bonds is 4. The molecule has 0 saturated heterocycles. The van der Waals surface area contributed by atoms with Gasteiger partial charge in [0, 0.05) is 11.1 Å². The van der Waals surface area contributed by atoms with Crippen LogP contribution in [0.25, 0.3) is 0 Å². The molecule has 110 valence electrons. The van der Waals surface area contributed by atoms with E-state index in [1.165, 1.54) is 17.2 Å². The van der Waals surface area contributed by atoms with Gasteiger partial charge in [0.05, 0.1) is 0 Å². The second-order valence-corrected chi connectivity index (χ2v) is 6.07. The molecule has 0 bridgehead atoms. The SMILES string of the molecule is CCNC1c2ccccc2CC1Cc1cc(Cl)ccc1F. The average molecular weight is 304 g/mol. The summed E-state index contributed by atoms with van der Waals surface area (Å²) < 4.78 is 14.0. The first-order chi connectivity index (χ1) is 10.2. The summed E-state index contributed by atoms with van der Waals surface area (Å²) in [5.74, 6) is 0.209. The molecule has 21 heavy (non-hydrogen) atoms. The van der Waals surface area contributed by atoms with Crippen molar-refractivity contribution in [2.24, 2.45) is 5.92 Å². The largest absolute Gasteiger partial charge is 0.310 e. The molecule has 0 aromatic heterocycles. The van der Waals surface area contributed by atoms with E-state index < -0.39 is 0 Å². The number of benzene rings is 2. The van der Waals surface area contributed by atoms with Gasteiger partial charge in [0.2, 0.25) is 0 Å². The van der Waals surface area contributed by atoms with E-state index in [1.807, 2.05) is 0 Å². The highest BCUT2D eigenvalue weighted by molar-refractivity contribution is 6.30. The van der Waals surface area contributed by atoms with Crippen LogP contribution in [0.15, 0.2) is 42.5 Å². The molecular formula is C18H19ClFN. The number of halogens is 2. The zero-order valence-electron chi connectivity index (χ0n) is 12.1. The van der Waals surface area contributed by atoms with Crippen LogP contribution in [0.4, 0.5) is 4.39 Å². The van der Waals surface area contributed by atoms with Crippen LogP contribution in [0.2, 0.25) is 5.02 Å². The second-order valence-electron chi connectivity index (χ2n) is 5.64. The Labute approximate surface area is 130 Å². The standard InChI is InChI=1S/C18H19ClFN/c1-2-21-18-14(9-12-5-3-4-6-16(12)18)10-13-11-15(19)7-8-17(13)20/h3-8,11,14,18,21H,2,9-10H2,1H3. The summed E-state index contributed by atoms with van der Waals surface area (Å²) in [7, 11) is 0. The Morgan fingerprint density at radius 3 is 2.86 bits per heavy atom. The lowest BCUT2D eigenvalue weighted by atomic mass is 9.92. The molecule has 0 fully saturated rings. The van der Waals surface area contributed by atoms with Crippen molar-refractivity contribution in [2.75, 3.05) is 6.54 Å². The van der Waals surface area contributed by atoms with E-state index in [1.54, 1.807) is 12.1 Å². The lowest BCUT2D eigenvalue weighted by Gasteiger charge is -2.21. The van der Waals surface area contributed by atoms with Gasteiger partial charge < -0.3 is 5.32 Å². The Balaban J connectivity index is 1.87. The molecule has 1 N–H and O–H groups in total. The molecule has 0 aliphatic heterocycles. The van der Waals surface area contributed by atoms with Gasteiger partial charge in [-0.15, -0.1) is 0 Å². The van der Waals surface area contributed by atoms with Crippen LogP contribution in [0.3, 0.4) is 0 Å². The minimum atomic E-state index is -0.161. The van der Waals surface area contributed by atoms with Crippen molar-refractivity contribution in [3.63, 3.8) is 0 Å². The normalized spacial score (nSPS) is 20.5. The number of hydrogen-bond donors (Lipinski definition) is 1. The highest BCUT2D eigenvalue weighted by Crippen LogP contribution is 2.38. The Kier molecular flexibility index (Phi) is 4.27. The van der Waals surface area contributed by atoms with E-state index in [4.69, 9.17) is 11.6 Å². The zero-order chi connectivity index (χ0) is 14.8. The van der Waals surface area contributed by atoms with E-state index in [0.29, 0.717) is 29.0 Å². The third kappa shape index (κ3) is 2.97. The Morgan fingerprint density at radius 2 is 2.05 bits per heavy atom. The molecule has 2 unspecified atom stereocenters. The van der Waals surface area contributed by atoms with Gasteiger partial charge in [-0.2, -0.15) is 0 Å². The molecule has 1 aliphatic carbocycles. The van der Waals surface area contributed by atoms with Gasteiger partial charge in [-0.25, -0.2) is 4.39 Å². The molecule has 1 aliphatic rings. The van der Waals surface area contributed by atoms with Gasteiger partial charge >= 0.3 is 0 Å². The summed E-state index contributed by atoms with van der Waals surface area (Å²) in [4.78, 5) is 0. The number of fused-ring (bicyclic) bond motifs is 1. The van der Waals surface area contributed by atoms with Crippen LogP contribution >= 0.6 is 11.6 Å². The van der Waals surface area contributed by atoms with Crippen molar-refractivity contribution in [2.45, 2.75) is 25.8 Å². The van der Waals surface area contributed by atoms with Crippen molar-refractivity contribution >= 4 is 11.6 Å². The molecule has 2 aromatic carbocycles. The molecule has 0 heterocycles. The molecule has 0 saturated carbocycles. The monoisotopic (exact) mass is 303 g/mol. The fourth-order valence-corrected chi connectivity index (χ4v) is 3.54. The van der Waals surface area contributed by atoms with Crippen LogP contribution in [0, 0.1) is 11.7 Å². The summed E-state index contributed by atoms with van der Waals surface area (Å²) in [5.41, 5.74) is 3.44. The van der Waals surface area contributed by atoms with E-state index in [9.17, 15) is 4.39 Å². The van der Waals surface area contributed by atoms with E-state index >= 15 is 0 Å². The minimum Gasteiger partial charge on any atom is -0.310 e. The summed E-state index contributed by atoms with van der Waals surface area (Å²) >= 11 is 6.01. The molecule has 0 amide bonds. The van der Waals surface area contributed by atoms with Crippen LogP contribution in [0.1, 0.15) is 29.7 Å². The van der Waals surface area contributed by atoms with Gasteiger partial charge in [-0.05, 0) is 60.2 Å². The third-order valence-corrected chi connectivity index (χ3v) is 4.49. The maximum absolute atomic E-state index is 14.0. The highest BCUT2D eigenvalue weighted by Gasteiger charge is 2.32. The van der Waals surface area contributed by atoms with Crippen molar-refractivity contribution in [1.82, 2.24) is 5.32 Å². The van der Waals surface area contributed by atoms with Crippen LogP contribution in [0.5, 0.6) is 0 Å². The third-order valence-electron chi connectivity index (χ3n) is 4.26. The van der Waals surface area contributed by atoms with Gasteiger partial charge in [-0.1, -0.05) is 42.8 Å². The first-order valence-corrected chi connectivity index (χ1v) is 7.82. The van der Waals surface area contributed by atoms with Crippen molar-refractivity contribution in [3.8, 4) is 0 Å². The maximum Gasteiger partial charge on any atom is 0.126 e. The molecule has 3 heteroatoms. The molecule has 2 atom stereocenters. The highest BCUT2D eigenvalue weighted by atomic mass is 35.5. The van der Waals surface area contributed by atoms with Crippen LogP contribution in [-0.4, -0.2) is 6.54 Å². The Bertz CT molecular complexity index is 641. The molecule has 1 nitrogen and oxygen atoms in total. The smallest absolute Gasteiger partial charge is 0.126 e. The number of nitrogens with one attached hydrogen (secondary N) is 1. The van der Waals surface area contributed by atoms with Crippen molar-refractivity contribution in [1.29, 1.82) is 0 Å². The first kappa shape index (κ1) is 14.6. The fourth-order valence-electron chi connectivity index (χ4n) is 3.35. The minimum absolute atomic E-state index is 0.161. The van der Waals surface area contributed by atoms with Gasteiger partial charge in [0.15, 0.2) is 0 Å². The lowest BCUT2D eigenvalue weighted by molar-refractivity contribution is 0.389. The van der Waals surface area contributed by atoms with E-state index in [-0.39, 0.29) is 5.82 Å². The molecular weight excluding hydrogens is 285 g/mol. The van der Waals surface area contributed by atoms with Gasteiger partial charge in [-0.3, -0.25) is 0 Å². The Morgan fingerprint density at radius 1 is 1.24 bits per heavy atom. The molecule has 2 aromatic rings. The van der Waals surface area contributed by atoms with Gasteiger partial charge in [0.25, 0.3) is 0 Å². The topological polar surface area (TPSA) is 12.0 Å². The molecule has 3 rings (SSSR count). The molecule has 0 spiro atoms. The van der Waals surface area contributed by atoms with Crippen LogP contribution in [-0.2, 0) is 12.8 Å². The predicted octanol–water partition coefficient (Wildman–Crippen LogP) is 4.54. The summed E-state index contributed by atoms with van der Waals surface area (Å²) in [6.45, 7) is 3.02. The maximum atomic E-state index is 14.0. The average Bonchev–Trinajstić information content (AvgIpc) is 2.81. The predicted molar refractivity (Wildman–Crippen MR) is 85.2 cm³/mol. The quantitative estimate of drug-likeness (QED) is 0.874. The number of hydrogen-bond acceptors (Lipinski definition) is 1. The molecule has 0 radical (unpaired) electrons. The van der Waals surface area contributed by atoms with Crippen LogP contribution < -0.4 is 5.32 Å². The van der Waals surface area contributed by atoms with Gasteiger partial charge in [0.1, 0.15) is 5.82 Å². The lowest BCUT2D eigenvalue weighted by Crippen LogP contribution is -2.26. The summed E-state index contributed by atoms with van der Waals surface area (Å²) in [6.07, 6.45) is 1.69. The van der Waals surface area contributed by atoms with Crippen molar-refractivity contribution in [3.05, 3.63) is 70.0 Å². The summed E-state index contributed by atoms with van der Waals surface area (Å²) in [5, 5.41) is 4.15. The van der Waals surface area contributed by atoms with E-state index in [2.05, 4.69) is 36.5 Å². The fraction of sp³-hybridized carbons (Fsp3) is 0.333. The second kappa shape index (κ2) is 6.17. The first-order valence-electron chi connectivity index (χ1n) is 7.44. The van der Waals surface area contributed by atoms with E-state index in [0.717, 1.165) is 13.0 Å². The van der Waals surface area contributed by atoms with Crippen molar-refractivity contribution < 1.29 is 4.39 Å². The Hall–Kier alpha value is -1.38. The summed E-state index contributed by atoms with van der Waals surface area (Å²) in [6, 6.07) is 13.6.